The molecule has 172 valence electrons. The third-order valence-electron chi connectivity index (χ3n) is 5.75. The van der Waals surface area contributed by atoms with E-state index in [0.717, 1.165) is 16.9 Å². The molecule has 4 rings (SSSR count). The van der Waals surface area contributed by atoms with Crippen molar-refractivity contribution in [2.24, 2.45) is 0 Å². The molecule has 1 aromatic heterocycles. The van der Waals surface area contributed by atoms with Crippen LogP contribution >= 0.6 is 23.1 Å². The van der Waals surface area contributed by atoms with Crippen LogP contribution in [0, 0.1) is 0 Å². The molecule has 1 unspecified atom stereocenters. The summed E-state index contributed by atoms with van der Waals surface area (Å²) >= 11 is 3.24. The first kappa shape index (κ1) is 23.5. The Kier molecular flexibility index (Phi) is 8.20. The lowest BCUT2D eigenvalue weighted by Crippen LogP contribution is -2.47. The molecule has 2 aromatic carbocycles. The smallest absolute Gasteiger partial charge is 0.242 e. The van der Waals surface area contributed by atoms with Gasteiger partial charge in [0.15, 0.2) is 0 Å². The fourth-order valence-electron chi connectivity index (χ4n) is 4.08. The van der Waals surface area contributed by atoms with Crippen LogP contribution in [-0.4, -0.2) is 60.7 Å². The third kappa shape index (κ3) is 5.85. The van der Waals surface area contributed by atoms with Crippen LogP contribution in [0.5, 0.6) is 0 Å². The van der Waals surface area contributed by atoms with Gasteiger partial charge in [-0.2, -0.15) is 0 Å². The van der Waals surface area contributed by atoms with E-state index >= 15 is 0 Å². The van der Waals surface area contributed by atoms with E-state index in [2.05, 4.69) is 23.6 Å². The molecule has 0 spiro atoms. The number of hydrogen-bond donors (Lipinski definition) is 0. The number of carbonyl (C=O) groups excluding carboxylic acids is 2. The number of thiophene rings is 1. The van der Waals surface area contributed by atoms with Crippen molar-refractivity contribution in [3.8, 4) is 0 Å². The van der Waals surface area contributed by atoms with E-state index in [1.807, 2.05) is 53.4 Å². The Hall–Kier alpha value is -2.61. The Bertz CT molecular complexity index is 1060. The van der Waals surface area contributed by atoms with Crippen molar-refractivity contribution in [1.29, 1.82) is 0 Å². The zero-order valence-corrected chi connectivity index (χ0v) is 20.3. The molecule has 5 nitrogen and oxygen atoms in total. The van der Waals surface area contributed by atoms with Crippen molar-refractivity contribution >= 4 is 34.9 Å². The van der Waals surface area contributed by atoms with Crippen LogP contribution in [0.25, 0.3) is 0 Å². The van der Waals surface area contributed by atoms with Crippen molar-refractivity contribution in [1.82, 2.24) is 9.80 Å². The van der Waals surface area contributed by atoms with Crippen LogP contribution in [-0.2, 0) is 20.7 Å². The Morgan fingerprint density at radius 1 is 1.09 bits per heavy atom. The van der Waals surface area contributed by atoms with Gasteiger partial charge in [0.25, 0.3) is 0 Å². The van der Waals surface area contributed by atoms with Crippen molar-refractivity contribution in [3.05, 3.63) is 88.1 Å². The van der Waals surface area contributed by atoms with Crippen molar-refractivity contribution < 1.29 is 14.3 Å². The molecular formula is C26H28N2O3S2. The molecule has 1 atom stereocenters. The van der Waals surface area contributed by atoms with Gasteiger partial charge in [-0.3, -0.25) is 9.59 Å². The number of carbonyl (C=O) groups is 2. The molecule has 33 heavy (non-hydrogen) atoms. The molecular weight excluding hydrogens is 452 g/mol. The van der Waals surface area contributed by atoms with Crippen LogP contribution in [0.3, 0.4) is 0 Å². The van der Waals surface area contributed by atoms with E-state index in [0.29, 0.717) is 19.7 Å². The summed E-state index contributed by atoms with van der Waals surface area (Å²) in [5, 5.41) is 2.10. The second-order valence-electron chi connectivity index (χ2n) is 7.86. The minimum Gasteiger partial charge on any atom is -0.383 e. The maximum Gasteiger partial charge on any atom is 0.242 e. The normalized spacial score (nSPS) is 15.2. The summed E-state index contributed by atoms with van der Waals surface area (Å²) in [5.74, 6) is 0.200. The lowest BCUT2D eigenvalue weighted by atomic mass is 9.93. The number of methoxy groups -OCH3 is 1. The van der Waals surface area contributed by atoms with E-state index in [-0.39, 0.29) is 30.2 Å². The standard InChI is InChI=1S/C26H28N2O3S2/c1-31-16-15-27(25(30)19-33-21-10-6-3-7-11-21)18-24(29)28-14-12-23-22(13-17-32-23)26(28)20-8-4-2-5-9-20/h2-11,13,17,26H,12,14-16,18-19H2,1H3. The topological polar surface area (TPSA) is 49.9 Å². The Balaban J connectivity index is 1.49. The fourth-order valence-corrected chi connectivity index (χ4v) is 5.81. The summed E-state index contributed by atoms with van der Waals surface area (Å²) in [4.78, 5) is 32.5. The molecule has 0 saturated heterocycles. The number of hydrogen-bond acceptors (Lipinski definition) is 5. The highest BCUT2D eigenvalue weighted by atomic mass is 32.2. The highest BCUT2D eigenvalue weighted by Crippen LogP contribution is 2.37. The molecule has 0 radical (unpaired) electrons. The van der Waals surface area contributed by atoms with E-state index in [1.54, 1.807) is 23.3 Å². The number of fused-ring (bicyclic) bond motifs is 1. The average molecular weight is 481 g/mol. The van der Waals surface area contributed by atoms with Crippen molar-refractivity contribution in [3.63, 3.8) is 0 Å². The lowest BCUT2D eigenvalue weighted by Gasteiger charge is -2.37. The summed E-state index contributed by atoms with van der Waals surface area (Å²) in [7, 11) is 1.61. The summed E-state index contributed by atoms with van der Waals surface area (Å²) in [6.45, 7) is 1.49. The van der Waals surface area contributed by atoms with Crippen LogP contribution in [0.1, 0.15) is 22.0 Å². The largest absolute Gasteiger partial charge is 0.383 e. The Morgan fingerprint density at radius 2 is 1.82 bits per heavy atom. The second kappa shape index (κ2) is 11.5. The number of ether oxygens (including phenoxy) is 1. The molecule has 0 aliphatic carbocycles. The van der Waals surface area contributed by atoms with Gasteiger partial charge in [0.1, 0.15) is 0 Å². The molecule has 0 bridgehead atoms. The van der Waals surface area contributed by atoms with E-state index in [9.17, 15) is 9.59 Å². The van der Waals surface area contributed by atoms with Crippen LogP contribution in [0.4, 0.5) is 0 Å². The Morgan fingerprint density at radius 3 is 2.55 bits per heavy atom. The van der Waals surface area contributed by atoms with Crippen LogP contribution in [0.2, 0.25) is 0 Å². The number of thioether (sulfide) groups is 1. The zero-order valence-electron chi connectivity index (χ0n) is 18.7. The quantitative estimate of drug-likeness (QED) is 0.424. The number of nitrogens with zero attached hydrogens (tertiary/aromatic N) is 2. The average Bonchev–Trinajstić information content (AvgIpc) is 3.34. The summed E-state index contributed by atoms with van der Waals surface area (Å²) in [5.41, 5.74) is 2.29. The SMILES string of the molecule is COCCN(CC(=O)N1CCc2sccc2C1c1ccccc1)C(=O)CSc1ccccc1. The number of rotatable bonds is 9. The Labute approximate surface area is 203 Å². The minimum absolute atomic E-state index is 0.0325. The van der Waals surface area contributed by atoms with Crippen LogP contribution in [0.15, 0.2) is 77.0 Å². The highest BCUT2D eigenvalue weighted by Gasteiger charge is 2.33. The number of amides is 2. The van der Waals surface area contributed by atoms with Gasteiger partial charge in [-0.25, -0.2) is 0 Å². The summed E-state index contributed by atoms with van der Waals surface area (Å²) in [6, 6.07) is 22.0. The van der Waals surface area contributed by atoms with E-state index in [1.165, 1.54) is 22.2 Å². The lowest BCUT2D eigenvalue weighted by molar-refractivity contribution is -0.141. The van der Waals surface area contributed by atoms with Gasteiger partial charge in [0.2, 0.25) is 11.8 Å². The maximum absolute atomic E-state index is 13.6. The first-order valence-corrected chi connectivity index (χ1v) is 12.9. The molecule has 1 aliphatic rings. The monoisotopic (exact) mass is 480 g/mol. The first-order valence-electron chi connectivity index (χ1n) is 11.0. The molecule has 0 fully saturated rings. The molecule has 3 aromatic rings. The third-order valence-corrected chi connectivity index (χ3v) is 7.74. The first-order chi connectivity index (χ1) is 16.2. The number of benzene rings is 2. The van der Waals surface area contributed by atoms with Gasteiger partial charge in [-0.05, 0) is 41.1 Å². The predicted octanol–water partition coefficient (Wildman–Crippen LogP) is 4.49. The molecule has 0 N–H and O–H groups in total. The van der Waals surface area contributed by atoms with E-state index in [4.69, 9.17) is 4.74 Å². The molecule has 0 saturated carbocycles. The minimum atomic E-state index is -0.119. The zero-order chi connectivity index (χ0) is 23.0. The van der Waals surface area contributed by atoms with E-state index < -0.39 is 0 Å². The predicted molar refractivity (Wildman–Crippen MR) is 134 cm³/mol. The van der Waals surface area contributed by atoms with Gasteiger partial charge >= 0.3 is 0 Å². The molecule has 2 heterocycles. The summed E-state index contributed by atoms with van der Waals surface area (Å²) < 4.78 is 5.21. The highest BCUT2D eigenvalue weighted by molar-refractivity contribution is 8.00. The second-order valence-corrected chi connectivity index (χ2v) is 9.91. The van der Waals surface area contributed by atoms with Gasteiger partial charge in [-0.15, -0.1) is 23.1 Å². The van der Waals surface area contributed by atoms with Crippen molar-refractivity contribution in [2.75, 3.05) is 39.1 Å². The maximum atomic E-state index is 13.6. The summed E-state index contributed by atoms with van der Waals surface area (Å²) in [6.07, 6.45) is 0.845. The van der Waals surface area contributed by atoms with Crippen LogP contribution < -0.4 is 0 Å². The van der Waals surface area contributed by atoms with Gasteiger partial charge < -0.3 is 14.5 Å². The fraction of sp³-hybridized carbons (Fsp3) is 0.308. The molecule has 7 heteroatoms. The van der Waals surface area contributed by atoms with Gasteiger partial charge in [-0.1, -0.05) is 48.5 Å². The van der Waals surface area contributed by atoms with Crippen molar-refractivity contribution in [2.45, 2.75) is 17.4 Å². The van der Waals surface area contributed by atoms with Gasteiger partial charge in [0.05, 0.1) is 24.9 Å². The molecule has 2 amide bonds. The van der Waals surface area contributed by atoms with Gasteiger partial charge in [0, 0.05) is 30.0 Å². The molecule has 1 aliphatic heterocycles.